The first kappa shape index (κ1) is 17.1. The topological polar surface area (TPSA) is 46.2 Å². The third-order valence-corrected chi connectivity index (χ3v) is 3.98. The highest BCUT2D eigenvalue weighted by Gasteiger charge is 2.35. The minimum Gasteiger partial charge on any atom is -0.355 e. The lowest BCUT2D eigenvalue weighted by Crippen LogP contribution is -2.45. The molecule has 0 rings (SSSR count). The Morgan fingerprint density at radius 3 is 2.00 bits per heavy atom. The summed E-state index contributed by atoms with van der Waals surface area (Å²) in [4.78, 5) is 23.4. The molecule has 18 heavy (non-hydrogen) atoms. The Morgan fingerprint density at radius 1 is 1.17 bits per heavy atom. The number of ketones is 1. The minimum absolute atomic E-state index is 0.0941. The van der Waals surface area contributed by atoms with E-state index >= 15 is 0 Å². The molecule has 1 amide bonds. The van der Waals surface area contributed by atoms with E-state index in [0.29, 0.717) is 18.9 Å². The maximum absolute atomic E-state index is 12.3. The predicted octanol–water partition coefficient (Wildman–Crippen LogP) is 3.18. The average Bonchev–Trinajstić information content (AvgIpc) is 2.22. The summed E-state index contributed by atoms with van der Waals surface area (Å²) in [5.41, 5.74) is -0.501. The predicted molar refractivity (Wildman–Crippen MR) is 75.3 cm³/mol. The van der Waals surface area contributed by atoms with E-state index < -0.39 is 0 Å². The fraction of sp³-hybridized carbons (Fsp3) is 0.867. The molecule has 0 aliphatic rings. The van der Waals surface area contributed by atoms with Crippen molar-refractivity contribution >= 4 is 11.7 Å². The Labute approximate surface area is 112 Å². The first-order chi connectivity index (χ1) is 8.05. The van der Waals surface area contributed by atoms with E-state index in [1.54, 1.807) is 6.92 Å². The van der Waals surface area contributed by atoms with Gasteiger partial charge in [-0.15, -0.1) is 0 Å². The van der Waals surface area contributed by atoms with Crippen LogP contribution in [0.1, 0.15) is 61.3 Å². The summed E-state index contributed by atoms with van der Waals surface area (Å²) in [5, 5.41) is 3.01. The highest BCUT2D eigenvalue weighted by molar-refractivity contribution is 5.82. The largest absolute Gasteiger partial charge is 0.355 e. The molecular weight excluding hydrogens is 226 g/mol. The van der Waals surface area contributed by atoms with Gasteiger partial charge in [-0.3, -0.25) is 4.79 Å². The molecule has 3 heteroatoms. The Balaban J connectivity index is 4.54. The second-order valence-electron chi connectivity index (χ2n) is 6.65. The molecule has 0 radical (unpaired) electrons. The average molecular weight is 255 g/mol. The van der Waals surface area contributed by atoms with Gasteiger partial charge in [-0.25, -0.2) is 0 Å². The van der Waals surface area contributed by atoms with Gasteiger partial charge in [0.1, 0.15) is 5.78 Å². The van der Waals surface area contributed by atoms with Crippen LogP contribution < -0.4 is 5.32 Å². The molecule has 0 aliphatic heterocycles. The van der Waals surface area contributed by atoms with Crippen LogP contribution in [0.15, 0.2) is 0 Å². The molecule has 0 bridgehead atoms. The van der Waals surface area contributed by atoms with Crippen LogP contribution in [0.4, 0.5) is 0 Å². The molecule has 0 saturated carbocycles. The van der Waals surface area contributed by atoms with E-state index in [9.17, 15) is 9.59 Å². The lowest BCUT2D eigenvalue weighted by atomic mass is 9.75. The van der Waals surface area contributed by atoms with E-state index in [0.717, 1.165) is 6.42 Å². The zero-order valence-corrected chi connectivity index (χ0v) is 13.0. The van der Waals surface area contributed by atoms with Gasteiger partial charge < -0.3 is 10.1 Å². The van der Waals surface area contributed by atoms with Crippen LogP contribution in [0, 0.1) is 16.7 Å². The first-order valence-electron chi connectivity index (χ1n) is 6.83. The molecule has 3 nitrogen and oxygen atoms in total. The summed E-state index contributed by atoms with van der Waals surface area (Å²) in [7, 11) is 0. The molecule has 1 unspecified atom stereocenters. The van der Waals surface area contributed by atoms with Crippen LogP contribution in [-0.2, 0) is 9.59 Å². The van der Waals surface area contributed by atoms with E-state index in [1.807, 2.05) is 27.7 Å². The third kappa shape index (κ3) is 4.79. The summed E-state index contributed by atoms with van der Waals surface area (Å²) >= 11 is 0. The van der Waals surface area contributed by atoms with Gasteiger partial charge in [0.15, 0.2) is 0 Å². The third-order valence-electron chi connectivity index (χ3n) is 3.98. The standard InChI is InChI=1S/C15H29NO2/c1-8-15(7,11(2)3)13(18)16-10-14(5,6)9-12(4)17/h11H,8-10H2,1-7H3,(H,16,18). The van der Waals surface area contributed by atoms with Crippen molar-refractivity contribution in [2.45, 2.75) is 61.3 Å². The number of hydrogen-bond acceptors (Lipinski definition) is 2. The van der Waals surface area contributed by atoms with Crippen molar-refractivity contribution in [3.05, 3.63) is 0 Å². The van der Waals surface area contributed by atoms with Crippen LogP contribution in [0.2, 0.25) is 0 Å². The smallest absolute Gasteiger partial charge is 0.226 e. The summed E-state index contributed by atoms with van der Waals surface area (Å²) in [6.07, 6.45) is 1.32. The van der Waals surface area contributed by atoms with Crippen LogP contribution in [0.3, 0.4) is 0 Å². The fourth-order valence-electron chi connectivity index (χ4n) is 2.09. The van der Waals surface area contributed by atoms with Gasteiger partial charge in [0.05, 0.1) is 0 Å². The lowest BCUT2D eigenvalue weighted by molar-refractivity contribution is -0.133. The normalized spacial score (nSPS) is 15.3. The number of hydrogen-bond donors (Lipinski definition) is 1. The van der Waals surface area contributed by atoms with Gasteiger partial charge in [-0.05, 0) is 24.7 Å². The van der Waals surface area contributed by atoms with Crippen LogP contribution >= 0.6 is 0 Å². The first-order valence-corrected chi connectivity index (χ1v) is 6.83. The van der Waals surface area contributed by atoms with Gasteiger partial charge in [-0.2, -0.15) is 0 Å². The van der Waals surface area contributed by atoms with Gasteiger partial charge in [0.2, 0.25) is 5.91 Å². The van der Waals surface area contributed by atoms with Crippen molar-refractivity contribution in [3.8, 4) is 0 Å². The highest BCUT2D eigenvalue weighted by atomic mass is 16.2. The maximum atomic E-state index is 12.3. The van der Waals surface area contributed by atoms with E-state index in [-0.39, 0.29) is 22.5 Å². The molecule has 0 aromatic heterocycles. The number of carbonyl (C=O) groups is 2. The SMILES string of the molecule is CCC(C)(C(=O)NCC(C)(C)CC(C)=O)C(C)C. The van der Waals surface area contributed by atoms with E-state index in [2.05, 4.69) is 19.2 Å². The van der Waals surface area contributed by atoms with Crippen molar-refractivity contribution in [3.63, 3.8) is 0 Å². The Kier molecular flexibility index (Phi) is 6.05. The van der Waals surface area contributed by atoms with Crippen molar-refractivity contribution < 1.29 is 9.59 Å². The van der Waals surface area contributed by atoms with Crippen molar-refractivity contribution in [1.82, 2.24) is 5.32 Å². The van der Waals surface area contributed by atoms with Crippen molar-refractivity contribution in [1.29, 1.82) is 0 Å². The molecule has 1 atom stereocenters. The molecular formula is C15H29NO2. The molecule has 0 aliphatic carbocycles. The molecule has 0 aromatic rings. The molecule has 0 fully saturated rings. The summed E-state index contributed by atoms with van der Waals surface area (Å²) in [6.45, 7) is 14.3. The molecule has 0 saturated heterocycles. The molecule has 1 N–H and O–H groups in total. The van der Waals surface area contributed by atoms with Gasteiger partial charge in [0.25, 0.3) is 0 Å². The molecule has 0 aromatic carbocycles. The number of carbonyl (C=O) groups excluding carboxylic acids is 2. The maximum Gasteiger partial charge on any atom is 0.226 e. The summed E-state index contributed by atoms with van der Waals surface area (Å²) < 4.78 is 0. The van der Waals surface area contributed by atoms with Crippen LogP contribution in [-0.4, -0.2) is 18.2 Å². The van der Waals surface area contributed by atoms with E-state index in [1.165, 1.54) is 0 Å². The quantitative estimate of drug-likeness (QED) is 0.759. The second-order valence-corrected chi connectivity index (χ2v) is 6.65. The second kappa shape index (κ2) is 6.35. The van der Waals surface area contributed by atoms with Gasteiger partial charge in [0, 0.05) is 18.4 Å². The number of amides is 1. The number of rotatable bonds is 7. The van der Waals surface area contributed by atoms with Crippen LogP contribution in [0.25, 0.3) is 0 Å². The Morgan fingerprint density at radius 2 is 1.67 bits per heavy atom. The number of Topliss-reactive ketones (excluding diaryl/α,β-unsaturated/α-hetero) is 1. The fourth-order valence-corrected chi connectivity index (χ4v) is 2.09. The van der Waals surface area contributed by atoms with Gasteiger partial charge in [-0.1, -0.05) is 41.5 Å². The van der Waals surface area contributed by atoms with Crippen molar-refractivity contribution in [2.24, 2.45) is 16.7 Å². The summed E-state index contributed by atoms with van der Waals surface area (Å²) in [5.74, 6) is 0.561. The molecule has 0 heterocycles. The Bertz CT molecular complexity index is 308. The highest BCUT2D eigenvalue weighted by Crippen LogP contribution is 2.31. The number of nitrogens with one attached hydrogen (secondary N) is 1. The van der Waals surface area contributed by atoms with Crippen LogP contribution in [0.5, 0.6) is 0 Å². The monoisotopic (exact) mass is 255 g/mol. The molecule has 106 valence electrons. The summed E-state index contributed by atoms with van der Waals surface area (Å²) in [6, 6.07) is 0. The lowest BCUT2D eigenvalue weighted by Gasteiger charge is -2.33. The minimum atomic E-state index is -0.327. The molecule has 0 spiro atoms. The zero-order chi connectivity index (χ0) is 14.6. The zero-order valence-electron chi connectivity index (χ0n) is 13.0. The van der Waals surface area contributed by atoms with E-state index in [4.69, 9.17) is 0 Å². The van der Waals surface area contributed by atoms with Crippen molar-refractivity contribution in [2.75, 3.05) is 6.54 Å². The van der Waals surface area contributed by atoms with Gasteiger partial charge >= 0.3 is 0 Å². The Hall–Kier alpha value is -0.860.